The van der Waals surface area contributed by atoms with Gasteiger partial charge in [0.1, 0.15) is 0 Å². The summed E-state index contributed by atoms with van der Waals surface area (Å²) in [4.78, 5) is 4.44. The fourth-order valence-electron chi connectivity index (χ4n) is 1.90. The van der Waals surface area contributed by atoms with Gasteiger partial charge in [0.05, 0.1) is 12.0 Å². The molecule has 0 fully saturated rings. The van der Waals surface area contributed by atoms with Gasteiger partial charge in [0, 0.05) is 25.6 Å². The summed E-state index contributed by atoms with van der Waals surface area (Å²) in [6.07, 6.45) is 3.64. The summed E-state index contributed by atoms with van der Waals surface area (Å²) in [7, 11) is 2.02. The molecule has 0 aliphatic heterocycles. The Kier molecular flexibility index (Phi) is 3.37. The first-order valence-electron chi connectivity index (χ1n) is 5.54. The third-order valence-electron chi connectivity index (χ3n) is 2.74. The summed E-state index contributed by atoms with van der Waals surface area (Å²) in [5.41, 5.74) is 9.28. The SMILES string of the molecule is Cn1cnc(Cc2ccccc2)c1CCN. The molecule has 0 unspecified atom stereocenters. The molecule has 0 saturated heterocycles. The standard InChI is InChI=1S/C13H17N3/c1-16-10-15-12(13(16)7-8-14)9-11-5-3-2-4-6-11/h2-6,10H,7-9,14H2,1H3. The van der Waals surface area contributed by atoms with E-state index in [0.29, 0.717) is 6.54 Å². The molecule has 2 N–H and O–H groups in total. The Bertz CT molecular complexity index is 445. The highest BCUT2D eigenvalue weighted by atomic mass is 15.0. The van der Waals surface area contributed by atoms with Gasteiger partial charge in [0.25, 0.3) is 0 Å². The maximum atomic E-state index is 5.61. The monoisotopic (exact) mass is 215 g/mol. The van der Waals surface area contributed by atoms with E-state index in [1.165, 1.54) is 11.3 Å². The molecule has 0 radical (unpaired) electrons. The van der Waals surface area contributed by atoms with Gasteiger partial charge in [0.15, 0.2) is 0 Å². The fourth-order valence-corrected chi connectivity index (χ4v) is 1.90. The van der Waals surface area contributed by atoms with E-state index in [0.717, 1.165) is 18.5 Å². The van der Waals surface area contributed by atoms with E-state index in [1.807, 2.05) is 19.4 Å². The van der Waals surface area contributed by atoms with E-state index in [9.17, 15) is 0 Å². The lowest BCUT2D eigenvalue weighted by Crippen LogP contribution is -2.08. The van der Waals surface area contributed by atoms with E-state index < -0.39 is 0 Å². The first-order chi connectivity index (χ1) is 7.81. The van der Waals surface area contributed by atoms with Crippen LogP contribution in [0.3, 0.4) is 0 Å². The molecule has 1 heterocycles. The van der Waals surface area contributed by atoms with Crippen molar-refractivity contribution in [2.24, 2.45) is 12.8 Å². The van der Waals surface area contributed by atoms with Crippen molar-refractivity contribution in [2.75, 3.05) is 6.54 Å². The molecule has 0 spiro atoms. The summed E-state index contributed by atoms with van der Waals surface area (Å²) in [6, 6.07) is 10.4. The number of hydrogen-bond donors (Lipinski definition) is 1. The second-order valence-electron chi connectivity index (χ2n) is 3.95. The lowest BCUT2D eigenvalue weighted by Gasteiger charge is -2.04. The topological polar surface area (TPSA) is 43.8 Å². The third-order valence-corrected chi connectivity index (χ3v) is 2.74. The summed E-state index contributed by atoms with van der Waals surface area (Å²) < 4.78 is 2.06. The molecular weight excluding hydrogens is 198 g/mol. The van der Waals surface area contributed by atoms with Gasteiger partial charge in [-0.2, -0.15) is 0 Å². The van der Waals surface area contributed by atoms with Gasteiger partial charge >= 0.3 is 0 Å². The molecule has 0 aliphatic rings. The predicted molar refractivity (Wildman–Crippen MR) is 65.2 cm³/mol. The number of hydrogen-bond acceptors (Lipinski definition) is 2. The highest BCUT2D eigenvalue weighted by Gasteiger charge is 2.08. The Labute approximate surface area is 95.9 Å². The molecule has 0 saturated carbocycles. The normalized spacial score (nSPS) is 10.6. The number of nitrogens with zero attached hydrogens (tertiary/aromatic N) is 2. The Morgan fingerprint density at radius 2 is 2.00 bits per heavy atom. The predicted octanol–water partition coefficient (Wildman–Crippen LogP) is 1.51. The lowest BCUT2D eigenvalue weighted by atomic mass is 10.1. The first-order valence-corrected chi connectivity index (χ1v) is 5.54. The van der Waals surface area contributed by atoms with Crippen LogP contribution < -0.4 is 5.73 Å². The number of nitrogens with two attached hydrogens (primary N) is 1. The molecule has 84 valence electrons. The molecule has 3 heteroatoms. The Hall–Kier alpha value is -1.61. The van der Waals surface area contributed by atoms with Crippen LogP contribution in [0, 0.1) is 0 Å². The minimum absolute atomic E-state index is 0.668. The average molecular weight is 215 g/mol. The number of rotatable bonds is 4. The van der Waals surface area contributed by atoms with Crippen molar-refractivity contribution in [2.45, 2.75) is 12.8 Å². The number of aryl methyl sites for hydroxylation is 1. The average Bonchev–Trinajstić information content (AvgIpc) is 2.64. The summed E-state index contributed by atoms with van der Waals surface area (Å²) in [6.45, 7) is 0.668. The van der Waals surface area contributed by atoms with Crippen molar-refractivity contribution in [3.63, 3.8) is 0 Å². The zero-order valence-electron chi connectivity index (χ0n) is 9.56. The van der Waals surface area contributed by atoms with Crippen molar-refractivity contribution in [1.82, 2.24) is 9.55 Å². The van der Waals surface area contributed by atoms with E-state index in [1.54, 1.807) is 0 Å². The Balaban J connectivity index is 2.21. The van der Waals surface area contributed by atoms with Crippen LogP contribution in [0.5, 0.6) is 0 Å². The van der Waals surface area contributed by atoms with Gasteiger partial charge in [-0.3, -0.25) is 0 Å². The van der Waals surface area contributed by atoms with Crippen LogP contribution in [0.25, 0.3) is 0 Å². The Morgan fingerprint density at radius 3 is 2.69 bits per heavy atom. The zero-order chi connectivity index (χ0) is 11.4. The summed E-state index contributed by atoms with van der Waals surface area (Å²) in [5, 5.41) is 0. The first kappa shape index (κ1) is 10.9. The molecule has 0 amide bonds. The fraction of sp³-hybridized carbons (Fsp3) is 0.308. The molecule has 2 aromatic rings. The van der Waals surface area contributed by atoms with Crippen LogP contribution in [-0.4, -0.2) is 16.1 Å². The van der Waals surface area contributed by atoms with E-state index in [2.05, 4.69) is 33.8 Å². The second kappa shape index (κ2) is 4.94. The molecule has 3 nitrogen and oxygen atoms in total. The summed E-state index contributed by atoms with van der Waals surface area (Å²) in [5.74, 6) is 0. The molecule has 0 aliphatic carbocycles. The smallest absolute Gasteiger partial charge is 0.0949 e. The third kappa shape index (κ3) is 2.31. The molecule has 0 atom stereocenters. The van der Waals surface area contributed by atoms with Crippen LogP contribution in [0.15, 0.2) is 36.7 Å². The van der Waals surface area contributed by atoms with Gasteiger partial charge < -0.3 is 10.3 Å². The molecule has 1 aromatic carbocycles. The van der Waals surface area contributed by atoms with Crippen LogP contribution in [-0.2, 0) is 19.9 Å². The van der Waals surface area contributed by atoms with Crippen LogP contribution in [0.2, 0.25) is 0 Å². The van der Waals surface area contributed by atoms with Crippen molar-refractivity contribution >= 4 is 0 Å². The molecule has 0 bridgehead atoms. The van der Waals surface area contributed by atoms with E-state index in [-0.39, 0.29) is 0 Å². The number of aromatic nitrogens is 2. The second-order valence-corrected chi connectivity index (χ2v) is 3.95. The van der Waals surface area contributed by atoms with Gasteiger partial charge in [0.2, 0.25) is 0 Å². The van der Waals surface area contributed by atoms with Crippen molar-refractivity contribution in [3.8, 4) is 0 Å². The maximum Gasteiger partial charge on any atom is 0.0949 e. The molecule has 2 rings (SSSR count). The van der Waals surface area contributed by atoms with Crippen molar-refractivity contribution in [1.29, 1.82) is 0 Å². The van der Waals surface area contributed by atoms with Crippen molar-refractivity contribution in [3.05, 3.63) is 53.6 Å². The highest BCUT2D eigenvalue weighted by molar-refractivity contribution is 5.24. The lowest BCUT2D eigenvalue weighted by molar-refractivity contribution is 0.795. The van der Waals surface area contributed by atoms with Gasteiger partial charge in [-0.25, -0.2) is 4.98 Å². The van der Waals surface area contributed by atoms with Gasteiger partial charge in [-0.15, -0.1) is 0 Å². The van der Waals surface area contributed by atoms with Crippen LogP contribution in [0.4, 0.5) is 0 Å². The van der Waals surface area contributed by atoms with Gasteiger partial charge in [-0.1, -0.05) is 30.3 Å². The van der Waals surface area contributed by atoms with Crippen LogP contribution in [0.1, 0.15) is 17.0 Å². The van der Waals surface area contributed by atoms with E-state index in [4.69, 9.17) is 5.73 Å². The van der Waals surface area contributed by atoms with Crippen LogP contribution >= 0.6 is 0 Å². The minimum Gasteiger partial charge on any atom is -0.337 e. The number of imidazole rings is 1. The zero-order valence-corrected chi connectivity index (χ0v) is 9.56. The summed E-state index contributed by atoms with van der Waals surface area (Å²) >= 11 is 0. The number of benzene rings is 1. The molecular formula is C13H17N3. The Morgan fingerprint density at radius 1 is 1.25 bits per heavy atom. The van der Waals surface area contributed by atoms with Gasteiger partial charge in [-0.05, 0) is 12.1 Å². The quantitative estimate of drug-likeness (QED) is 0.840. The van der Waals surface area contributed by atoms with Crippen molar-refractivity contribution < 1.29 is 0 Å². The molecule has 1 aromatic heterocycles. The van der Waals surface area contributed by atoms with E-state index >= 15 is 0 Å². The molecule has 16 heavy (non-hydrogen) atoms. The highest BCUT2D eigenvalue weighted by Crippen LogP contribution is 2.12. The minimum atomic E-state index is 0.668. The maximum absolute atomic E-state index is 5.61. The largest absolute Gasteiger partial charge is 0.337 e.